The minimum absolute atomic E-state index is 0.348. The molecule has 0 aliphatic carbocycles. The van der Waals surface area contributed by atoms with Gasteiger partial charge in [-0.1, -0.05) is 38.5 Å². The van der Waals surface area contributed by atoms with Crippen molar-refractivity contribution in [1.82, 2.24) is 0 Å². The van der Waals surface area contributed by atoms with Gasteiger partial charge in [-0.15, -0.1) is 0 Å². The first kappa shape index (κ1) is 32.5. The van der Waals surface area contributed by atoms with Crippen molar-refractivity contribution in [2.24, 2.45) is 0 Å². The number of carbonyl (C=O) groups excluding carboxylic acids is 2. The van der Waals surface area contributed by atoms with Crippen LogP contribution in [0, 0.1) is 6.92 Å². The Labute approximate surface area is 265 Å². The summed E-state index contributed by atoms with van der Waals surface area (Å²) >= 11 is 0. The Morgan fingerprint density at radius 2 is 1.07 bits per heavy atom. The molecule has 2 heterocycles. The zero-order valence-electron chi connectivity index (χ0n) is 26.2. The van der Waals surface area contributed by atoms with Crippen molar-refractivity contribution >= 4 is 11.9 Å². The van der Waals surface area contributed by atoms with E-state index < -0.39 is 11.9 Å². The van der Waals surface area contributed by atoms with E-state index in [2.05, 4.69) is 0 Å². The number of benzene rings is 3. The highest BCUT2D eigenvalue weighted by Gasteiger charge is 2.21. The maximum Gasteiger partial charge on any atom is 0.343 e. The molecule has 0 radical (unpaired) electrons. The lowest BCUT2D eigenvalue weighted by molar-refractivity contribution is 0.0730. The first-order valence-electron chi connectivity index (χ1n) is 16.3. The molecule has 8 heteroatoms. The van der Waals surface area contributed by atoms with Gasteiger partial charge in [-0.25, -0.2) is 9.59 Å². The van der Waals surface area contributed by atoms with E-state index in [4.69, 9.17) is 28.4 Å². The Morgan fingerprint density at radius 3 is 1.60 bits per heavy atom. The summed E-state index contributed by atoms with van der Waals surface area (Å²) in [5.74, 6) is 1.27. The fraction of sp³-hybridized carbons (Fsp3) is 0.459. The van der Waals surface area contributed by atoms with Crippen molar-refractivity contribution in [3.05, 3.63) is 83.4 Å². The summed E-state index contributed by atoms with van der Waals surface area (Å²) in [7, 11) is 0. The second kappa shape index (κ2) is 17.0. The Balaban J connectivity index is 0.996. The van der Waals surface area contributed by atoms with Gasteiger partial charge in [-0.05, 0) is 105 Å². The van der Waals surface area contributed by atoms with Gasteiger partial charge in [0.25, 0.3) is 0 Å². The van der Waals surface area contributed by atoms with Crippen molar-refractivity contribution in [3.63, 3.8) is 0 Å². The molecule has 2 fully saturated rings. The van der Waals surface area contributed by atoms with Crippen molar-refractivity contribution in [2.75, 3.05) is 26.4 Å². The zero-order valence-corrected chi connectivity index (χ0v) is 26.2. The lowest BCUT2D eigenvalue weighted by Gasteiger charge is -2.11. The predicted octanol–water partition coefficient (Wildman–Crippen LogP) is 7.89. The minimum atomic E-state index is -0.487. The summed E-state index contributed by atoms with van der Waals surface area (Å²) in [6.07, 6.45) is 12.4. The van der Waals surface area contributed by atoms with Crippen LogP contribution in [0.5, 0.6) is 23.0 Å². The molecule has 8 nitrogen and oxygen atoms in total. The van der Waals surface area contributed by atoms with Gasteiger partial charge in [0.05, 0.1) is 49.8 Å². The SMILES string of the molecule is Cc1cc(OC(=O)c2ccc(OCCCCCCC3CO3)cc2)ccc1C(=O)Oc1ccc(OCCCCCCC2CO2)cc1. The van der Waals surface area contributed by atoms with Gasteiger partial charge in [0.1, 0.15) is 23.0 Å². The maximum absolute atomic E-state index is 12.8. The molecule has 2 aliphatic heterocycles. The van der Waals surface area contributed by atoms with Crippen molar-refractivity contribution in [3.8, 4) is 23.0 Å². The molecule has 3 aromatic carbocycles. The van der Waals surface area contributed by atoms with E-state index in [-0.39, 0.29) is 0 Å². The molecule has 240 valence electrons. The molecule has 0 N–H and O–H groups in total. The standard InChI is InChI=1S/C37H44O8/c1-27-24-32(45-36(38)28-12-14-29(15-13-28)40-22-8-4-2-6-10-33-25-42-33)20-21-35(27)37(39)44-31-18-16-30(17-19-31)41-23-9-5-3-7-11-34-26-43-34/h12-21,24,33-34H,2-11,22-23,25-26H2,1H3. The van der Waals surface area contributed by atoms with Gasteiger partial charge >= 0.3 is 11.9 Å². The summed E-state index contributed by atoms with van der Waals surface area (Å²) in [5.41, 5.74) is 1.44. The van der Waals surface area contributed by atoms with E-state index >= 15 is 0 Å². The molecule has 5 rings (SSSR count). The molecular formula is C37H44O8. The molecule has 2 aliphatic rings. The van der Waals surface area contributed by atoms with Crippen LogP contribution in [0.3, 0.4) is 0 Å². The third kappa shape index (κ3) is 11.5. The number of ether oxygens (including phenoxy) is 6. The van der Waals surface area contributed by atoms with E-state index in [1.54, 1.807) is 73.7 Å². The fourth-order valence-corrected chi connectivity index (χ4v) is 5.05. The van der Waals surface area contributed by atoms with Gasteiger partial charge in [0, 0.05) is 0 Å². The van der Waals surface area contributed by atoms with Crippen molar-refractivity contribution < 1.29 is 38.0 Å². The number of aryl methyl sites for hydroxylation is 1. The maximum atomic E-state index is 12.8. The highest BCUT2D eigenvalue weighted by molar-refractivity contribution is 5.93. The normalized spacial score (nSPS) is 16.6. The Kier molecular flexibility index (Phi) is 12.3. The van der Waals surface area contributed by atoms with Gasteiger partial charge in [-0.3, -0.25) is 0 Å². The van der Waals surface area contributed by atoms with E-state index in [0.717, 1.165) is 56.8 Å². The van der Waals surface area contributed by atoms with Crippen LogP contribution in [0.4, 0.5) is 0 Å². The van der Waals surface area contributed by atoms with Crippen LogP contribution in [0.15, 0.2) is 66.7 Å². The summed E-state index contributed by atoms with van der Waals surface area (Å²) in [6, 6.07) is 18.8. The molecule has 0 amide bonds. The zero-order chi connectivity index (χ0) is 31.3. The number of hydrogen-bond donors (Lipinski definition) is 0. The van der Waals surface area contributed by atoms with Gasteiger partial charge in [0.2, 0.25) is 0 Å². The molecule has 0 bridgehead atoms. The molecule has 2 atom stereocenters. The number of epoxide rings is 2. The molecule has 45 heavy (non-hydrogen) atoms. The number of esters is 2. The van der Waals surface area contributed by atoms with Crippen LogP contribution in [0.2, 0.25) is 0 Å². The second-order valence-electron chi connectivity index (χ2n) is 11.8. The first-order chi connectivity index (χ1) is 22.0. The van der Waals surface area contributed by atoms with Crippen LogP contribution < -0.4 is 18.9 Å². The molecule has 0 aromatic heterocycles. The highest BCUT2D eigenvalue weighted by Crippen LogP contribution is 2.24. The van der Waals surface area contributed by atoms with Gasteiger partial charge in [-0.2, -0.15) is 0 Å². The number of hydrogen-bond acceptors (Lipinski definition) is 8. The molecule has 2 unspecified atom stereocenters. The van der Waals surface area contributed by atoms with Crippen LogP contribution in [0.1, 0.15) is 90.5 Å². The molecular weight excluding hydrogens is 572 g/mol. The van der Waals surface area contributed by atoms with E-state index in [9.17, 15) is 9.59 Å². The number of rotatable bonds is 20. The number of carbonyl (C=O) groups is 2. The Morgan fingerprint density at radius 1 is 0.600 bits per heavy atom. The Bertz CT molecular complexity index is 1360. The molecule has 3 aromatic rings. The summed E-state index contributed by atoms with van der Waals surface area (Å²) in [4.78, 5) is 25.5. The third-order valence-corrected chi connectivity index (χ3v) is 7.94. The second-order valence-corrected chi connectivity index (χ2v) is 11.8. The monoisotopic (exact) mass is 616 g/mol. The fourth-order valence-electron chi connectivity index (χ4n) is 5.05. The number of unbranched alkanes of at least 4 members (excludes halogenated alkanes) is 6. The largest absolute Gasteiger partial charge is 0.494 e. The van der Waals surface area contributed by atoms with Crippen molar-refractivity contribution in [1.29, 1.82) is 0 Å². The molecule has 0 spiro atoms. The Hall–Kier alpha value is -3.88. The average Bonchev–Trinajstić information content (AvgIpc) is 3.98. The summed E-state index contributed by atoms with van der Waals surface area (Å²) in [6.45, 7) is 4.95. The average molecular weight is 617 g/mol. The van der Waals surface area contributed by atoms with Crippen LogP contribution in [-0.2, 0) is 9.47 Å². The van der Waals surface area contributed by atoms with Crippen LogP contribution in [0.25, 0.3) is 0 Å². The van der Waals surface area contributed by atoms with E-state index in [0.29, 0.717) is 53.6 Å². The van der Waals surface area contributed by atoms with E-state index in [1.165, 1.54) is 32.1 Å². The lowest BCUT2D eigenvalue weighted by Crippen LogP contribution is -2.12. The summed E-state index contributed by atoms with van der Waals surface area (Å²) < 4.78 is 33.2. The summed E-state index contributed by atoms with van der Waals surface area (Å²) in [5, 5.41) is 0. The molecule has 2 saturated heterocycles. The van der Waals surface area contributed by atoms with Gasteiger partial charge < -0.3 is 28.4 Å². The van der Waals surface area contributed by atoms with E-state index in [1.807, 2.05) is 0 Å². The smallest absolute Gasteiger partial charge is 0.343 e. The lowest BCUT2D eigenvalue weighted by atomic mass is 10.1. The van der Waals surface area contributed by atoms with Crippen molar-refractivity contribution in [2.45, 2.75) is 83.3 Å². The first-order valence-corrected chi connectivity index (χ1v) is 16.3. The topological polar surface area (TPSA) is 96.1 Å². The highest BCUT2D eigenvalue weighted by atomic mass is 16.6. The third-order valence-electron chi connectivity index (χ3n) is 7.94. The van der Waals surface area contributed by atoms with Crippen LogP contribution in [-0.4, -0.2) is 50.6 Å². The predicted molar refractivity (Wildman–Crippen MR) is 171 cm³/mol. The molecule has 0 saturated carbocycles. The van der Waals surface area contributed by atoms with Gasteiger partial charge in [0.15, 0.2) is 0 Å². The van der Waals surface area contributed by atoms with Crippen LogP contribution >= 0.6 is 0 Å². The minimum Gasteiger partial charge on any atom is -0.494 e. The quantitative estimate of drug-likeness (QED) is 0.0547.